The third-order valence-electron chi connectivity index (χ3n) is 1.39. The van der Waals surface area contributed by atoms with Crippen molar-refractivity contribution >= 4 is 35.6 Å². The van der Waals surface area contributed by atoms with E-state index < -0.39 is 6.03 Å². The Hall–Kier alpha value is -1.11. The van der Waals surface area contributed by atoms with E-state index in [-0.39, 0.29) is 18.2 Å². The Morgan fingerprint density at radius 1 is 1.64 bits per heavy atom. The molecule has 0 saturated carbocycles. The standard InChI is InChI=1S/C7H10N4OS.ClH/c8-2-5-1-4(3-13-5)6(9)11-7(10)12;/h1,3H,2,8H2,(H4,9,10,11,12);1H. The summed E-state index contributed by atoms with van der Waals surface area (Å²) in [6.45, 7) is 0.439. The van der Waals surface area contributed by atoms with Gasteiger partial charge in [-0.3, -0.25) is 10.7 Å². The first-order chi connectivity index (χ1) is 6.13. The Balaban J connectivity index is 0.00000169. The lowest BCUT2D eigenvalue weighted by molar-refractivity contribution is 0.253. The molecule has 1 rings (SSSR count). The minimum absolute atomic E-state index is 0. The summed E-state index contributed by atoms with van der Waals surface area (Å²) >= 11 is 1.45. The Morgan fingerprint density at radius 3 is 2.71 bits per heavy atom. The smallest absolute Gasteiger partial charge is 0.317 e. The van der Waals surface area contributed by atoms with E-state index >= 15 is 0 Å². The van der Waals surface area contributed by atoms with Gasteiger partial charge in [0.25, 0.3) is 0 Å². The number of amidine groups is 1. The predicted molar refractivity (Wildman–Crippen MR) is 59.0 cm³/mol. The zero-order valence-electron chi connectivity index (χ0n) is 7.24. The Kier molecular flexibility index (Phi) is 5.14. The third-order valence-corrected chi connectivity index (χ3v) is 2.35. The zero-order valence-corrected chi connectivity index (χ0v) is 8.87. The van der Waals surface area contributed by atoms with E-state index in [1.807, 2.05) is 0 Å². The second-order valence-corrected chi connectivity index (χ2v) is 3.37. The summed E-state index contributed by atoms with van der Waals surface area (Å²) in [5.41, 5.74) is 10.9. The SMILES string of the molecule is Cl.N=C(NC(N)=O)c1csc(CN)c1. The third kappa shape index (κ3) is 3.33. The largest absolute Gasteiger partial charge is 0.351 e. The molecule has 7 heteroatoms. The van der Waals surface area contributed by atoms with Gasteiger partial charge < -0.3 is 11.5 Å². The maximum absolute atomic E-state index is 10.4. The number of rotatable bonds is 2. The van der Waals surface area contributed by atoms with Crippen LogP contribution in [-0.4, -0.2) is 11.9 Å². The fourth-order valence-electron chi connectivity index (χ4n) is 0.814. The van der Waals surface area contributed by atoms with Crippen LogP contribution in [0.5, 0.6) is 0 Å². The van der Waals surface area contributed by atoms with Crippen LogP contribution in [0.15, 0.2) is 11.4 Å². The molecule has 1 aromatic rings. The predicted octanol–water partition coefficient (Wildman–Crippen LogP) is 0.622. The number of hydrogen-bond acceptors (Lipinski definition) is 4. The number of carbonyl (C=O) groups is 1. The van der Waals surface area contributed by atoms with Gasteiger partial charge in [0.1, 0.15) is 5.84 Å². The zero-order chi connectivity index (χ0) is 9.84. The minimum Gasteiger partial charge on any atom is -0.351 e. The summed E-state index contributed by atoms with van der Waals surface area (Å²) in [5.74, 6) is 0.00319. The van der Waals surface area contributed by atoms with Gasteiger partial charge in [-0.25, -0.2) is 4.79 Å². The molecule has 5 nitrogen and oxygen atoms in total. The number of carbonyl (C=O) groups excluding carboxylic acids is 1. The molecule has 0 unspecified atom stereocenters. The molecule has 6 N–H and O–H groups in total. The summed E-state index contributed by atoms with van der Waals surface area (Å²) in [7, 11) is 0. The molecule has 0 aromatic carbocycles. The van der Waals surface area contributed by atoms with Crippen molar-refractivity contribution < 1.29 is 4.79 Å². The second-order valence-electron chi connectivity index (χ2n) is 2.37. The Morgan fingerprint density at radius 2 is 2.29 bits per heavy atom. The monoisotopic (exact) mass is 234 g/mol. The van der Waals surface area contributed by atoms with Gasteiger partial charge in [-0.1, -0.05) is 0 Å². The van der Waals surface area contributed by atoms with E-state index in [9.17, 15) is 4.79 Å². The van der Waals surface area contributed by atoms with Crippen molar-refractivity contribution in [1.82, 2.24) is 5.32 Å². The molecule has 0 aliphatic carbocycles. The maximum Gasteiger partial charge on any atom is 0.317 e. The maximum atomic E-state index is 10.4. The normalized spacial score (nSPS) is 8.93. The van der Waals surface area contributed by atoms with E-state index in [1.54, 1.807) is 11.4 Å². The van der Waals surface area contributed by atoms with Gasteiger partial charge >= 0.3 is 6.03 Å². The van der Waals surface area contributed by atoms with Crippen LogP contribution in [0.4, 0.5) is 4.79 Å². The molecule has 78 valence electrons. The lowest BCUT2D eigenvalue weighted by Crippen LogP contribution is -2.34. The van der Waals surface area contributed by atoms with Crippen LogP contribution in [0.25, 0.3) is 0 Å². The van der Waals surface area contributed by atoms with Gasteiger partial charge in [-0.15, -0.1) is 23.7 Å². The van der Waals surface area contributed by atoms with Crippen LogP contribution in [0.2, 0.25) is 0 Å². The van der Waals surface area contributed by atoms with Crippen molar-refractivity contribution in [1.29, 1.82) is 5.41 Å². The highest BCUT2D eigenvalue weighted by atomic mass is 35.5. The molecular weight excluding hydrogens is 224 g/mol. The molecule has 0 fully saturated rings. The number of hydrogen-bond donors (Lipinski definition) is 4. The highest BCUT2D eigenvalue weighted by Crippen LogP contribution is 2.13. The molecule has 1 heterocycles. The molecule has 0 bridgehead atoms. The minimum atomic E-state index is -0.731. The number of urea groups is 1. The van der Waals surface area contributed by atoms with Crippen molar-refractivity contribution in [3.8, 4) is 0 Å². The molecule has 0 spiro atoms. The highest BCUT2D eigenvalue weighted by molar-refractivity contribution is 7.10. The molecule has 0 radical (unpaired) electrons. The molecule has 2 amide bonds. The van der Waals surface area contributed by atoms with Gasteiger partial charge in [0.05, 0.1) is 0 Å². The molecular formula is C7H11ClN4OS. The lowest BCUT2D eigenvalue weighted by Gasteiger charge is -1.99. The first-order valence-electron chi connectivity index (χ1n) is 3.56. The fourth-order valence-corrected chi connectivity index (χ4v) is 1.57. The van der Waals surface area contributed by atoms with E-state index in [0.29, 0.717) is 12.1 Å². The van der Waals surface area contributed by atoms with Crippen LogP contribution < -0.4 is 16.8 Å². The van der Waals surface area contributed by atoms with Crippen molar-refractivity contribution in [2.75, 3.05) is 0 Å². The molecule has 0 aliphatic rings. The summed E-state index contributed by atoms with van der Waals surface area (Å²) in [4.78, 5) is 11.4. The van der Waals surface area contributed by atoms with Crippen molar-refractivity contribution in [3.63, 3.8) is 0 Å². The molecule has 0 saturated heterocycles. The Labute approximate surface area is 91.4 Å². The van der Waals surface area contributed by atoms with E-state index in [4.69, 9.17) is 16.9 Å². The molecule has 0 aliphatic heterocycles. The second kappa shape index (κ2) is 5.58. The number of amides is 2. The van der Waals surface area contributed by atoms with Gasteiger partial charge in [0.15, 0.2) is 0 Å². The van der Waals surface area contributed by atoms with Crippen molar-refractivity contribution in [2.45, 2.75) is 6.54 Å². The van der Waals surface area contributed by atoms with Crippen LogP contribution in [0, 0.1) is 5.41 Å². The molecule has 1 aromatic heterocycles. The summed E-state index contributed by atoms with van der Waals surface area (Å²) < 4.78 is 0. The van der Waals surface area contributed by atoms with Crippen LogP contribution >= 0.6 is 23.7 Å². The number of halogens is 1. The summed E-state index contributed by atoms with van der Waals surface area (Å²) in [5, 5.41) is 11.3. The van der Waals surface area contributed by atoms with Crippen molar-refractivity contribution in [3.05, 3.63) is 21.9 Å². The van der Waals surface area contributed by atoms with Gasteiger partial charge in [0.2, 0.25) is 0 Å². The molecule has 14 heavy (non-hydrogen) atoms. The van der Waals surface area contributed by atoms with E-state index in [2.05, 4.69) is 5.32 Å². The van der Waals surface area contributed by atoms with E-state index in [0.717, 1.165) is 4.88 Å². The summed E-state index contributed by atoms with van der Waals surface area (Å²) in [6.07, 6.45) is 0. The van der Waals surface area contributed by atoms with Crippen LogP contribution in [0.1, 0.15) is 10.4 Å². The Bertz CT molecular complexity index is 338. The summed E-state index contributed by atoms with van der Waals surface area (Å²) in [6, 6.07) is 1.02. The van der Waals surface area contributed by atoms with Gasteiger partial charge in [-0.05, 0) is 6.07 Å². The number of primary amides is 1. The average Bonchev–Trinajstić information content (AvgIpc) is 2.50. The molecule has 0 atom stereocenters. The van der Waals surface area contributed by atoms with Gasteiger partial charge in [-0.2, -0.15) is 0 Å². The first-order valence-corrected chi connectivity index (χ1v) is 4.44. The highest BCUT2D eigenvalue weighted by Gasteiger charge is 2.05. The number of nitrogens with two attached hydrogens (primary N) is 2. The number of nitrogens with one attached hydrogen (secondary N) is 2. The average molecular weight is 235 g/mol. The van der Waals surface area contributed by atoms with E-state index in [1.165, 1.54) is 11.3 Å². The van der Waals surface area contributed by atoms with Gasteiger partial charge in [0, 0.05) is 22.4 Å². The quantitative estimate of drug-likeness (QED) is 0.445. The van der Waals surface area contributed by atoms with Crippen LogP contribution in [0.3, 0.4) is 0 Å². The lowest BCUT2D eigenvalue weighted by atomic mass is 10.3. The number of thiophene rings is 1. The first kappa shape index (κ1) is 12.9. The van der Waals surface area contributed by atoms with Crippen molar-refractivity contribution in [2.24, 2.45) is 11.5 Å². The topological polar surface area (TPSA) is 105 Å². The fraction of sp³-hybridized carbons (Fsp3) is 0.143. The van der Waals surface area contributed by atoms with Crippen LogP contribution in [-0.2, 0) is 6.54 Å².